The maximum atomic E-state index is 12.9. The van der Waals surface area contributed by atoms with Crippen molar-refractivity contribution < 1.29 is 23.9 Å². The van der Waals surface area contributed by atoms with Gasteiger partial charge < -0.3 is 20.7 Å². The van der Waals surface area contributed by atoms with Crippen LogP contribution in [0, 0.1) is 23.2 Å². The third-order valence-corrected chi connectivity index (χ3v) is 5.50. The molecule has 8 nitrogen and oxygen atoms in total. The van der Waals surface area contributed by atoms with Gasteiger partial charge in [-0.3, -0.25) is 19.2 Å². The SMILES string of the molecule is CC(C)CC(C)(C)OCCC(C)(C)C(=O)NC(C(=O)NCC(=O)NCC(=O)C(C)C)C(C)C. The lowest BCUT2D eigenvalue weighted by molar-refractivity contribution is -0.136. The molecule has 0 saturated carbocycles. The topological polar surface area (TPSA) is 114 Å². The first kappa shape index (κ1) is 31.0. The second-order valence-corrected chi connectivity index (χ2v) is 11.2. The van der Waals surface area contributed by atoms with Crippen LogP contribution in [0.5, 0.6) is 0 Å². The van der Waals surface area contributed by atoms with Crippen LogP contribution in [0.1, 0.15) is 82.1 Å². The maximum absolute atomic E-state index is 12.9. The molecular weight excluding hydrogens is 422 g/mol. The third kappa shape index (κ3) is 12.8. The molecule has 0 aliphatic heterocycles. The summed E-state index contributed by atoms with van der Waals surface area (Å²) in [6.07, 6.45) is 1.44. The largest absolute Gasteiger partial charge is 0.376 e. The van der Waals surface area contributed by atoms with E-state index in [0.29, 0.717) is 18.9 Å². The first-order valence-electron chi connectivity index (χ1n) is 12.0. The molecule has 0 aromatic rings. The van der Waals surface area contributed by atoms with Gasteiger partial charge in [0.2, 0.25) is 17.7 Å². The van der Waals surface area contributed by atoms with Gasteiger partial charge in [-0.05, 0) is 38.5 Å². The Morgan fingerprint density at radius 1 is 0.848 bits per heavy atom. The minimum atomic E-state index is -0.778. The lowest BCUT2D eigenvalue weighted by atomic mass is 9.87. The summed E-state index contributed by atoms with van der Waals surface area (Å²) >= 11 is 0. The summed E-state index contributed by atoms with van der Waals surface area (Å²) in [5.41, 5.74) is -0.989. The molecule has 33 heavy (non-hydrogen) atoms. The Morgan fingerprint density at radius 2 is 1.42 bits per heavy atom. The molecule has 0 fully saturated rings. The summed E-state index contributed by atoms with van der Waals surface area (Å²) < 4.78 is 6.02. The first-order valence-corrected chi connectivity index (χ1v) is 12.0. The van der Waals surface area contributed by atoms with Crippen LogP contribution in [0.2, 0.25) is 0 Å². The van der Waals surface area contributed by atoms with Crippen molar-refractivity contribution in [3.63, 3.8) is 0 Å². The molecule has 1 unspecified atom stereocenters. The fourth-order valence-electron chi connectivity index (χ4n) is 3.34. The second kappa shape index (κ2) is 13.7. The molecule has 0 rings (SSSR count). The van der Waals surface area contributed by atoms with Crippen molar-refractivity contribution in [3.8, 4) is 0 Å². The lowest BCUT2D eigenvalue weighted by Gasteiger charge is -2.31. The molecule has 3 N–H and O–H groups in total. The number of carbonyl (C=O) groups is 4. The van der Waals surface area contributed by atoms with E-state index >= 15 is 0 Å². The maximum Gasteiger partial charge on any atom is 0.243 e. The molecule has 0 aromatic carbocycles. The Bertz CT molecular complexity index is 669. The van der Waals surface area contributed by atoms with Crippen LogP contribution in [0.25, 0.3) is 0 Å². The Labute approximate surface area is 200 Å². The Morgan fingerprint density at radius 3 is 1.91 bits per heavy atom. The summed E-state index contributed by atoms with van der Waals surface area (Å²) in [4.78, 5) is 49.1. The Hall–Kier alpha value is -1.96. The lowest BCUT2D eigenvalue weighted by Crippen LogP contribution is -2.54. The van der Waals surface area contributed by atoms with E-state index in [1.165, 1.54) is 0 Å². The molecule has 192 valence electrons. The number of hydrogen-bond donors (Lipinski definition) is 3. The molecule has 1 atom stereocenters. The number of hydrogen-bond acceptors (Lipinski definition) is 5. The van der Waals surface area contributed by atoms with E-state index in [4.69, 9.17) is 4.74 Å². The highest BCUT2D eigenvalue weighted by Gasteiger charge is 2.33. The molecule has 0 heterocycles. The van der Waals surface area contributed by atoms with Crippen molar-refractivity contribution >= 4 is 23.5 Å². The van der Waals surface area contributed by atoms with Gasteiger partial charge in [0.15, 0.2) is 5.78 Å². The van der Waals surface area contributed by atoms with Crippen LogP contribution >= 0.6 is 0 Å². The smallest absolute Gasteiger partial charge is 0.243 e. The summed E-state index contributed by atoms with van der Waals surface area (Å²) in [7, 11) is 0. The third-order valence-electron chi connectivity index (χ3n) is 5.50. The van der Waals surface area contributed by atoms with Crippen molar-refractivity contribution in [1.82, 2.24) is 16.0 Å². The summed E-state index contributed by atoms with van der Waals surface area (Å²) in [5, 5.41) is 7.88. The van der Waals surface area contributed by atoms with Gasteiger partial charge in [0, 0.05) is 17.9 Å². The number of ether oxygens (including phenoxy) is 1. The van der Waals surface area contributed by atoms with Crippen molar-refractivity contribution in [3.05, 3.63) is 0 Å². The summed E-state index contributed by atoms with van der Waals surface area (Å²) in [6.45, 7) is 19.3. The zero-order valence-electron chi connectivity index (χ0n) is 22.4. The van der Waals surface area contributed by atoms with Crippen molar-refractivity contribution in [2.45, 2.75) is 93.7 Å². The first-order chi connectivity index (χ1) is 15.0. The predicted octanol–water partition coefficient (Wildman–Crippen LogP) is 2.84. The average molecular weight is 470 g/mol. The van der Waals surface area contributed by atoms with Gasteiger partial charge in [0.05, 0.1) is 18.7 Å². The van der Waals surface area contributed by atoms with Crippen molar-refractivity contribution in [2.24, 2.45) is 23.2 Å². The van der Waals surface area contributed by atoms with Crippen molar-refractivity contribution in [2.75, 3.05) is 19.7 Å². The number of Topliss-reactive ketones (excluding diaryl/α,β-unsaturated/α-hetero) is 1. The van der Waals surface area contributed by atoms with Gasteiger partial charge >= 0.3 is 0 Å². The van der Waals surface area contributed by atoms with E-state index in [9.17, 15) is 19.2 Å². The second-order valence-electron chi connectivity index (χ2n) is 11.2. The van der Waals surface area contributed by atoms with Crippen LogP contribution in [0.3, 0.4) is 0 Å². The van der Waals surface area contributed by atoms with Gasteiger partial charge in [-0.2, -0.15) is 0 Å². The molecular formula is C25H47N3O5. The highest BCUT2D eigenvalue weighted by molar-refractivity contribution is 5.93. The zero-order chi connectivity index (χ0) is 26.0. The zero-order valence-corrected chi connectivity index (χ0v) is 22.4. The predicted molar refractivity (Wildman–Crippen MR) is 131 cm³/mol. The molecule has 0 aromatic heterocycles. The van der Waals surface area contributed by atoms with E-state index < -0.39 is 23.3 Å². The number of amides is 3. The highest BCUT2D eigenvalue weighted by atomic mass is 16.5. The monoisotopic (exact) mass is 469 g/mol. The molecule has 8 heteroatoms. The van der Waals surface area contributed by atoms with E-state index in [1.54, 1.807) is 13.8 Å². The molecule has 0 radical (unpaired) electrons. The molecule has 0 aliphatic rings. The van der Waals surface area contributed by atoms with E-state index in [0.717, 1.165) is 6.42 Å². The minimum absolute atomic E-state index is 0.0685. The van der Waals surface area contributed by atoms with Crippen molar-refractivity contribution in [1.29, 1.82) is 0 Å². The van der Waals surface area contributed by atoms with Crippen LogP contribution in [-0.4, -0.2) is 54.8 Å². The van der Waals surface area contributed by atoms with Gasteiger partial charge in [-0.1, -0.05) is 55.4 Å². The van der Waals surface area contributed by atoms with E-state index in [1.807, 2.05) is 41.5 Å². The van der Waals surface area contributed by atoms with Crippen LogP contribution in [0.15, 0.2) is 0 Å². The number of rotatable bonds is 15. The van der Waals surface area contributed by atoms with Crippen LogP contribution in [-0.2, 0) is 23.9 Å². The number of carbonyl (C=O) groups excluding carboxylic acids is 4. The normalized spacial score (nSPS) is 13.2. The Kier molecular flexibility index (Phi) is 12.9. The van der Waals surface area contributed by atoms with E-state index in [-0.39, 0.29) is 42.2 Å². The molecule has 0 aliphatic carbocycles. The average Bonchev–Trinajstić information content (AvgIpc) is 2.66. The summed E-state index contributed by atoms with van der Waals surface area (Å²) in [6, 6.07) is -0.778. The van der Waals surface area contributed by atoms with Gasteiger partial charge in [-0.15, -0.1) is 0 Å². The van der Waals surface area contributed by atoms with Crippen LogP contribution < -0.4 is 16.0 Å². The van der Waals surface area contributed by atoms with Crippen LogP contribution in [0.4, 0.5) is 0 Å². The number of ketones is 1. The fourth-order valence-corrected chi connectivity index (χ4v) is 3.34. The minimum Gasteiger partial charge on any atom is -0.376 e. The quantitative estimate of drug-likeness (QED) is 0.341. The van der Waals surface area contributed by atoms with Gasteiger partial charge in [0.25, 0.3) is 0 Å². The standard InChI is InChI=1S/C25H47N3O5/c1-16(2)13-25(9,10)33-12-11-24(7,8)23(32)28-21(18(5)6)22(31)27-15-20(30)26-14-19(29)17(3)4/h16-18,21H,11-15H2,1-10H3,(H,26,30)(H,27,31)(H,28,32). The molecule has 0 bridgehead atoms. The molecule has 0 saturated heterocycles. The highest BCUT2D eigenvalue weighted by Crippen LogP contribution is 2.25. The van der Waals surface area contributed by atoms with Gasteiger partial charge in [0.1, 0.15) is 6.04 Å². The summed E-state index contributed by atoms with van der Waals surface area (Å²) in [5.74, 6) is -1.04. The van der Waals surface area contributed by atoms with Gasteiger partial charge in [-0.25, -0.2) is 0 Å². The molecule has 0 spiro atoms. The number of nitrogens with one attached hydrogen (secondary N) is 3. The Balaban J connectivity index is 4.78. The fraction of sp³-hybridized carbons (Fsp3) is 0.840. The molecule has 3 amide bonds. The van der Waals surface area contributed by atoms with E-state index in [2.05, 4.69) is 29.8 Å².